The van der Waals surface area contributed by atoms with Gasteiger partial charge in [0.25, 0.3) is 5.89 Å². The number of aromatic nitrogens is 2. The van der Waals surface area contributed by atoms with Crippen molar-refractivity contribution in [2.24, 2.45) is 0 Å². The molecular formula is C14H16N2O3. The Morgan fingerprint density at radius 2 is 2.16 bits per heavy atom. The summed E-state index contributed by atoms with van der Waals surface area (Å²) < 4.78 is 16.0. The van der Waals surface area contributed by atoms with Crippen LogP contribution in [0.15, 0.2) is 28.8 Å². The third kappa shape index (κ3) is 2.61. The second-order valence-electron chi connectivity index (χ2n) is 4.48. The minimum Gasteiger partial charge on any atom is -0.494 e. The highest BCUT2D eigenvalue weighted by atomic mass is 16.5. The fourth-order valence-electron chi connectivity index (χ4n) is 2.12. The van der Waals surface area contributed by atoms with Gasteiger partial charge in [-0.25, -0.2) is 0 Å². The van der Waals surface area contributed by atoms with Gasteiger partial charge in [-0.1, -0.05) is 5.16 Å². The Labute approximate surface area is 111 Å². The Bertz CT molecular complexity index is 530. The van der Waals surface area contributed by atoms with Crippen molar-refractivity contribution in [1.82, 2.24) is 10.1 Å². The largest absolute Gasteiger partial charge is 0.494 e. The maximum atomic E-state index is 5.40. The van der Waals surface area contributed by atoms with E-state index in [0.717, 1.165) is 30.2 Å². The molecule has 2 heterocycles. The fraction of sp³-hybridized carbons (Fsp3) is 0.429. The molecule has 0 radical (unpaired) electrons. The molecule has 2 aromatic rings. The topological polar surface area (TPSA) is 57.4 Å². The first-order chi connectivity index (χ1) is 9.36. The molecule has 0 aliphatic carbocycles. The van der Waals surface area contributed by atoms with Crippen molar-refractivity contribution in [3.05, 3.63) is 30.1 Å². The van der Waals surface area contributed by atoms with E-state index in [-0.39, 0.29) is 5.92 Å². The van der Waals surface area contributed by atoms with Crippen LogP contribution in [0.5, 0.6) is 5.75 Å². The van der Waals surface area contributed by atoms with Crippen molar-refractivity contribution in [2.45, 2.75) is 19.3 Å². The molecule has 19 heavy (non-hydrogen) atoms. The molecule has 0 bridgehead atoms. The summed E-state index contributed by atoms with van der Waals surface area (Å²) >= 11 is 0. The van der Waals surface area contributed by atoms with Crippen molar-refractivity contribution in [3.8, 4) is 17.2 Å². The highest BCUT2D eigenvalue weighted by Crippen LogP contribution is 2.26. The monoisotopic (exact) mass is 260 g/mol. The van der Waals surface area contributed by atoms with Crippen LogP contribution in [0, 0.1) is 0 Å². The van der Waals surface area contributed by atoms with Gasteiger partial charge in [0.15, 0.2) is 5.82 Å². The zero-order chi connectivity index (χ0) is 13.1. The van der Waals surface area contributed by atoms with Crippen molar-refractivity contribution in [2.75, 3.05) is 19.8 Å². The summed E-state index contributed by atoms with van der Waals surface area (Å²) in [5.74, 6) is 2.39. The van der Waals surface area contributed by atoms with Gasteiger partial charge in [-0.2, -0.15) is 4.98 Å². The van der Waals surface area contributed by atoms with Crippen LogP contribution >= 0.6 is 0 Å². The van der Waals surface area contributed by atoms with Crippen LogP contribution in [0.4, 0.5) is 0 Å². The standard InChI is InChI=1S/C14H16N2O3/c1-2-18-12-5-3-10(4-6-12)14-15-13(16-19-14)11-7-8-17-9-11/h3-6,11H,2,7-9H2,1H3/t11-/m0/s1. The Kier molecular flexibility index (Phi) is 3.46. The lowest BCUT2D eigenvalue weighted by atomic mass is 10.1. The van der Waals surface area contributed by atoms with E-state index in [9.17, 15) is 0 Å². The van der Waals surface area contributed by atoms with Gasteiger partial charge >= 0.3 is 0 Å². The fourth-order valence-corrected chi connectivity index (χ4v) is 2.12. The van der Waals surface area contributed by atoms with E-state index in [2.05, 4.69) is 10.1 Å². The van der Waals surface area contributed by atoms with Gasteiger partial charge in [0.1, 0.15) is 5.75 Å². The van der Waals surface area contributed by atoms with Crippen LogP contribution in [0.3, 0.4) is 0 Å². The molecule has 1 aromatic heterocycles. The predicted molar refractivity (Wildman–Crippen MR) is 69.1 cm³/mol. The minimum absolute atomic E-state index is 0.264. The van der Waals surface area contributed by atoms with E-state index in [1.165, 1.54) is 0 Å². The second-order valence-corrected chi connectivity index (χ2v) is 4.48. The van der Waals surface area contributed by atoms with E-state index in [1.807, 2.05) is 31.2 Å². The Morgan fingerprint density at radius 3 is 2.84 bits per heavy atom. The quantitative estimate of drug-likeness (QED) is 0.845. The first kappa shape index (κ1) is 12.2. The average Bonchev–Trinajstić information content (AvgIpc) is 3.11. The molecule has 3 rings (SSSR count). The summed E-state index contributed by atoms with van der Waals surface area (Å²) in [7, 11) is 0. The molecule has 0 saturated carbocycles. The van der Waals surface area contributed by atoms with Crippen molar-refractivity contribution in [3.63, 3.8) is 0 Å². The third-order valence-electron chi connectivity index (χ3n) is 3.15. The number of nitrogens with zero attached hydrogens (tertiary/aromatic N) is 2. The number of hydrogen-bond acceptors (Lipinski definition) is 5. The van der Waals surface area contributed by atoms with E-state index >= 15 is 0 Å². The molecule has 1 atom stereocenters. The molecule has 100 valence electrons. The summed E-state index contributed by atoms with van der Waals surface area (Å²) in [5.41, 5.74) is 0.904. The summed E-state index contributed by atoms with van der Waals surface area (Å²) in [6.07, 6.45) is 0.961. The van der Waals surface area contributed by atoms with Crippen LogP contribution < -0.4 is 4.74 Å². The summed E-state index contributed by atoms with van der Waals surface area (Å²) in [6, 6.07) is 7.66. The van der Waals surface area contributed by atoms with E-state index < -0.39 is 0 Å². The molecule has 0 unspecified atom stereocenters. The van der Waals surface area contributed by atoms with E-state index in [0.29, 0.717) is 19.1 Å². The van der Waals surface area contributed by atoms with Crippen molar-refractivity contribution >= 4 is 0 Å². The number of rotatable bonds is 4. The summed E-state index contributed by atoms with van der Waals surface area (Å²) in [6.45, 7) is 4.08. The van der Waals surface area contributed by atoms with Crippen molar-refractivity contribution < 1.29 is 14.0 Å². The van der Waals surface area contributed by atoms with Crippen LogP contribution in [0.1, 0.15) is 25.1 Å². The molecule has 0 spiro atoms. The van der Waals surface area contributed by atoms with Gasteiger partial charge in [-0.3, -0.25) is 0 Å². The molecule has 1 aliphatic heterocycles. The minimum atomic E-state index is 0.264. The third-order valence-corrected chi connectivity index (χ3v) is 3.15. The van der Waals surface area contributed by atoms with Gasteiger partial charge in [-0.05, 0) is 37.6 Å². The smallest absolute Gasteiger partial charge is 0.257 e. The van der Waals surface area contributed by atoms with Gasteiger partial charge in [0, 0.05) is 18.1 Å². The molecule has 0 N–H and O–H groups in total. The lowest BCUT2D eigenvalue weighted by molar-refractivity contribution is 0.192. The van der Waals surface area contributed by atoms with Crippen LogP contribution in [0.25, 0.3) is 11.5 Å². The molecule has 5 nitrogen and oxygen atoms in total. The lowest BCUT2D eigenvalue weighted by Crippen LogP contribution is -1.99. The van der Waals surface area contributed by atoms with Crippen LogP contribution in [-0.4, -0.2) is 30.0 Å². The van der Waals surface area contributed by atoms with Gasteiger partial charge in [0.2, 0.25) is 0 Å². The molecule has 1 aromatic carbocycles. The number of benzene rings is 1. The lowest BCUT2D eigenvalue weighted by Gasteiger charge is -2.02. The average molecular weight is 260 g/mol. The Morgan fingerprint density at radius 1 is 1.32 bits per heavy atom. The van der Waals surface area contributed by atoms with Crippen LogP contribution in [0.2, 0.25) is 0 Å². The van der Waals surface area contributed by atoms with Gasteiger partial charge in [0.05, 0.1) is 13.2 Å². The SMILES string of the molecule is CCOc1ccc(-c2nc([C@H]3CCOC3)no2)cc1. The molecule has 0 amide bonds. The zero-order valence-electron chi connectivity index (χ0n) is 10.8. The predicted octanol–water partition coefficient (Wildman–Crippen LogP) is 2.64. The highest BCUT2D eigenvalue weighted by molar-refractivity contribution is 5.54. The maximum absolute atomic E-state index is 5.40. The van der Waals surface area contributed by atoms with Gasteiger partial charge < -0.3 is 14.0 Å². The molecule has 5 heteroatoms. The molecular weight excluding hydrogens is 244 g/mol. The van der Waals surface area contributed by atoms with Crippen molar-refractivity contribution in [1.29, 1.82) is 0 Å². The summed E-state index contributed by atoms with van der Waals surface area (Å²) in [5, 5.41) is 4.04. The Balaban J connectivity index is 1.77. The number of hydrogen-bond donors (Lipinski definition) is 0. The van der Waals surface area contributed by atoms with Gasteiger partial charge in [-0.15, -0.1) is 0 Å². The summed E-state index contributed by atoms with van der Waals surface area (Å²) in [4.78, 5) is 4.44. The van der Waals surface area contributed by atoms with E-state index in [4.69, 9.17) is 14.0 Å². The first-order valence-corrected chi connectivity index (χ1v) is 6.51. The molecule has 1 fully saturated rings. The maximum Gasteiger partial charge on any atom is 0.257 e. The normalized spacial score (nSPS) is 18.7. The van der Waals surface area contributed by atoms with E-state index in [1.54, 1.807) is 0 Å². The van der Waals surface area contributed by atoms with Crippen LogP contribution in [-0.2, 0) is 4.74 Å². The molecule has 1 saturated heterocycles. The first-order valence-electron chi connectivity index (χ1n) is 6.51. The number of ether oxygens (including phenoxy) is 2. The molecule has 1 aliphatic rings. The Hall–Kier alpha value is -1.88. The zero-order valence-corrected chi connectivity index (χ0v) is 10.8. The second kappa shape index (κ2) is 5.40. The highest BCUT2D eigenvalue weighted by Gasteiger charge is 2.23.